The van der Waals surface area contributed by atoms with Crippen molar-refractivity contribution in [2.45, 2.75) is 44.7 Å². The van der Waals surface area contributed by atoms with Gasteiger partial charge in [-0.25, -0.2) is 24.9 Å². The van der Waals surface area contributed by atoms with Crippen molar-refractivity contribution in [2.75, 3.05) is 10.6 Å². The van der Waals surface area contributed by atoms with E-state index in [9.17, 15) is 0 Å². The molecule has 1 aliphatic rings. The third kappa shape index (κ3) is 4.17. The highest BCUT2D eigenvalue weighted by molar-refractivity contribution is 5.67. The Morgan fingerprint density at radius 2 is 1.77 bits per heavy atom. The lowest BCUT2D eigenvalue weighted by molar-refractivity contribution is 0.410. The Bertz CT molecular complexity index is 1180. The molecule has 0 radical (unpaired) electrons. The summed E-state index contributed by atoms with van der Waals surface area (Å²) in [4.78, 5) is 22.0. The molecule has 4 N–H and O–H groups in total. The highest BCUT2D eigenvalue weighted by Crippen LogP contribution is 2.26. The van der Waals surface area contributed by atoms with Gasteiger partial charge in [0.05, 0.1) is 41.4 Å². The first kappa shape index (κ1) is 19.4. The molecule has 9 heteroatoms. The van der Waals surface area contributed by atoms with Crippen LogP contribution in [0, 0.1) is 6.92 Å². The minimum absolute atomic E-state index is 0.316. The molecule has 0 bridgehead atoms. The number of pyridine rings is 1. The lowest BCUT2D eigenvalue weighted by atomic mass is 9.92. The van der Waals surface area contributed by atoms with Crippen molar-refractivity contribution in [3.8, 4) is 11.4 Å². The first-order valence-corrected chi connectivity index (χ1v) is 10.5. The highest BCUT2D eigenvalue weighted by Gasteiger charge is 2.20. The average molecular weight is 416 g/mol. The van der Waals surface area contributed by atoms with Crippen LogP contribution in [0.25, 0.3) is 17.0 Å². The zero-order valence-corrected chi connectivity index (χ0v) is 17.4. The first-order valence-electron chi connectivity index (χ1n) is 10.5. The fourth-order valence-corrected chi connectivity index (χ4v) is 3.98. The van der Waals surface area contributed by atoms with Crippen LogP contribution in [0.4, 0.5) is 17.3 Å². The van der Waals surface area contributed by atoms with E-state index in [0.717, 1.165) is 59.7 Å². The number of nitrogens with one attached hydrogen (secondary N) is 2. The fraction of sp³-hybridized carbons (Fsp3) is 0.318. The number of rotatable bonds is 5. The number of imidazole rings is 1. The predicted octanol–water partition coefficient (Wildman–Crippen LogP) is 3.32. The number of hydrogen-bond donors (Lipinski definition) is 3. The summed E-state index contributed by atoms with van der Waals surface area (Å²) in [5.41, 5.74) is 11.4. The summed E-state index contributed by atoms with van der Waals surface area (Å²) in [5.74, 6) is 0.645. The maximum absolute atomic E-state index is 6.03. The zero-order chi connectivity index (χ0) is 21.2. The summed E-state index contributed by atoms with van der Waals surface area (Å²) < 4.78 is 2.03. The van der Waals surface area contributed by atoms with E-state index in [1.807, 2.05) is 42.0 Å². The fourth-order valence-electron chi connectivity index (χ4n) is 3.98. The van der Waals surface area contributed by atoms with E-state index in [2.05, 4.69) is 30.6 Å². The van der Waals surface area contributed by atoms with Gasteiger partial charge in [0, 0.05) is 24.5 Å². The molecule has 5 rings (SSSR count). The van der Waals surface area contributed by atoms with E-state index in [1.165, 1.54) is 6.33 Å². The summed E-state index contributed by atoms with van der Waals surface area (Å²) in [5, 5.41) is 6.81. The predicted molar refractivity (Wildman–Crippen MR) is 120 cm³/mol. The van der Waals surface area contributed by atoms with Crippen LogP contribution in [0.1, 0.15) is 31.2 Å². The van der Waals surface area contributed by atoms with E-state index < -0.39 is 0 Å². The highest BCUT2D eigenvalue weighted by atomic mass is 15.1. The summed E-state index contributed by atoms with van der Waals surface area (Å²) in [6.45, 7) is 2.02. The van der Waals surface area contributed by atoms with Gasteiger partial charge in [0.2, 0.25) is 5.95 Å². The van der Waals surface area contributed by atoms with Gasteiger partial charge in [-0.3, -0.25) is 4.40 Å². The van der Waals surface area contributed by atoms with Gasteiger partial charge < -0.3 is 16.4 Å². The molecule has 4 aromatic rings. The third-order valence-corrected chi connectivity index (χ3v) is 5.67. The van der Waals surface area contributed by atoms with Gasteiger partial charge in [0.25, 0.3) is 0 Å². The molecule has 1 aliphatic carbocycles. The second kappa shape index (κ2) is 8.27. The largest absolute Gasteiger partial charge is 0.352 e. The summed E-state index contributed by atoms with van der Waals surface area (Å²) in [6, 6.07) is 4.63. The Morgan fingerprint density at radius 1 is 0.968 bits per heavy atom. The maximum atomic E-state index is 6.03. The zero-order valence-electron chi connectivity index (χ0n) is 17.4. The molecular formula is C22H25N9. The molecule has 9 nitrogen and oxygen atoms in total. The quantitative estimate of drug-likeness (QED) is 0.454. The topological polar surface area (TPSA) is 119 Å². The van der Waals surface area contributed by atoms with Crippen molar-refractivity contribution in [2.24, 2.45) is 5.73 Å². The molecule has 0 spiro atoms. The summed E-state index contributed by atoms with van der Waals surface area (Å²) in [7, 11) is 0. The lowest BCUT2D eigenvalue weighted by Gasteiger charge is -2.26. The third-order valence-electron chi connectivity index (χ3n) is 5.67. The number of nitrogens with zero attached hydrogens (tertiary/aromatic N) is 6. The van der Waals surface area contributed by atoms with Crippen LogP contribution >= 0.6 is 0 Å². The maximum Gasteiger partial charge on any atom is 0.223 e. The Balaban J connectivity index is 1.45. The SMILES string of the molecule is Cc1cnc(N[C@H]2CC[C@@H](N)CC2)nc1-c1cnc2ccc(Nc3cncnc3)cn12. The van der Waals surface area contributed by atoms with Gasteiger partial charge >= 0.3 is 0 Å². The van der Waals surface area contributed by atoms with Gasteiger partial charge in [-0.1, -0.05) is 0 Å². The molecule has 0 atom stereocenters. The van der Waals surface area contributed by atoms with Crippen LogP contribution in [-0.4, -0.2) is 41.4 Å². The van der Waals surface area contributed by atoms with E-state index in [0.29, 0.717) is 18.0 Å². The van der Waals surface area contributed by atoms with E-state index in [4.69, 9.17) is 10.7 Å². The van der Waals surface area contributed by atoms with E-state index >= 15 is 0 Å². The minimum atomic E-state index is 0.316. The van der Waals surface area contributed by atoms with Crippen molar-refractivity contribution in [3.05, 3.63) is 55.0 Å². The Kier molecular flexibility index (Phi) is 5.17. The molecule has 0 saturated heterocycles. The second-order valence-electron chi connectivity index (χ2n) is 8.02. The Morgan fingerprint density at radius 3 is 2.58 bits per heavy atom. The van der Waals surface area contributed by atoms with E-state index in [1.54, 1.807) is 12.4 Å². The van der Waals surface area contributed by atoms with Crippen LogP contribution < -0.4 is 16.4 Å². The number of aromatic nitrogens is 6. The lowest BCUT2D eigenvalue weighted by Crippen LogP contribution is -2.33. The van der Waals surface area contributed by atoms with Crippen LogP contribution in [0.3, 0.4) is 0 Å². The van der Waals surface area contributed by atoms with Crippen LogP contribution in [0.5, 0.6) is 0 Å². The van der Waals surface area contributed by atoms with Crippen LogP contribution in [-0.2, 0) is 0 Å². The van der Waals surface area contributed by atoms with E-state index in [-0.39, 0.29) is 0 Å². The van der Waals surface area contributed by atoms with Crippen molar-refractivity contribution in [1.82, 2.24) is 29.3 Å². The first-order chi connectivity index (χ1) is 15.2. The molecule has 0 aliphatic heterocycles. The molecule has 31 heavy (non-hydrogen) atoms. The normalized spacial score (nSPS) is 18.8. The van der Waals surface area contributed by atoms with Gasteiger partial charge in [-0.05, 0) is 50.3 Å². The van der Waals surface area contributed by atoms with Gasteiger partial charge in [0.1, 0.15) is 12.0 Å². The molecule has 4 heterocycles. The Labute approximate surface area is 180 Å². The molecule has 0 amide bonds. The molecule has 4 aromatic heterocycles. The monoisotopic (exact) mass is 415 g/mol. The smallest absolute Gasteiger partial charge is 0.223 e. The number of hydrogen-bond acceptors (Lipinski definition) is 8. The van der Waals surface area contributed by atoms with Crippen LogP contribution in [0.15, 0.2) is 49.4 Å². The number of fused-ring (bicyclic) bond motifs is 1. The van der Waals surface area contributed by atoms with Gasteiger partial charge in [0.15, 0.2) is 0 Å². The molecule has 1 fully saturated rings. The standard InChI is InChI=1S/C22H25N9/c1-14-8-27-22(29-16-4-2-15(23)3-5-16)30-21(14)19-11-26-20-7-6-17(12-31(19)20)28-18-9-24-13-25-10-18/h6-13,15-16,28H,2-5,23H2,1H3,(H,27,29,30)/t15-,16+. The Hall–Kier alpha value is -3.59. The number of anilines is 3. The average Bonchev–Trinajstić information content (AvgIpc) is 3.20. The molecule has 0 aromatic carbocycles. The molecule has 0 unspecified atom stereocenters. The van der Waals surface area contributed by atoms with Gasteiger partial charge in [-0.2, -0.15) is 0 Å². The summed E-state index contributed by atoms with van der Waals surface area (Å²) in [6.07, 6.45) is 14.8. The second-order valence-corrected chi connectivity index (χ2v) is 8.02. The van der Waals surface area contributed by atoms with Crippen molar-refractivity contribution >= 4 is 23.0 Å². The van der Waals surface area contributed by atoms with Crippen molar-refractivity contribution in [1.29, 1.82) is 0 Å². The minimum Gasteiger partial charge on any atom is -0.352 e. The van der Waals surface area contributed by atoms with Crippen molar-refractivity contribution in [3.63, 3.8) is 0 Å². The number of nitrogens with two attached hydrogens (primary N) is 1. The summed E-state index contributed by atoms with van der Waals surface area (Å²) >= 11 is 0. The number of aryl methyl sites for hydroxylation is 1. The molecule has 1 saturated carbocycles. The van der Waals surface area contributed by atoms with Crippen LogP contribution in [0.2, 0.25) is 0 Å². The van der Waals surface area contributed by atoms with Crippen molar-refractivity contribution < 1.29 is 0 Å². The molecular weight excluding hydrogens is 390 g/mol. The molecule has 158 valence electrons. The van der Waals surface area contributed by atoms with Gasteiger partial charge in [-0.15, -0.1) is 0 Å².